The lowest BCUT2D eigenvalue weighted by Gasteiger charge is -2.13. The molecule has 1 fully saturated rings. The number of esters is 2. The summed E-state index contributed by atoms with van der Waals surface area (Å²) in [6.45, 7) is 9.90. The highest BCUT2D eigenvalue weighted by molar-refractivity contribution is 5.95. The van der Waals surface area contributed by atoms with Gasteiger partial charge in [0.05, 0.1) is 23.3 Å². The van der Waals surface area contributed by atoms with Crippen LogP contribution in [0, 0.1) is 12.3 Å². The average Bonchev–Trinajstić information content (AvgIpc) is 3.18. The van der Waals surface area contributed by atoms with Crippen molar-refractivity contribution in [2.75, 3.05) is 6.61 Å². The Morgan fingerprint density at radius 3 is 2.43 bits per heavy atom. The number of rotatable bonds is 5. The van der Waals surface area contributed by atoms with Gasteiger partial charge in [0.2, 0.25) is 0 Å². The number of benzene rings is 1. The van der Waals surface area contributed by atoms with Gasteiger partial charge in [0.1, 0.15) is 5.76 Å². The molecule has 2 heterocycles. The number of carbonyl (C=O) groups is 2. The second-order valence-corrected chi connectivity index (χ2v) is 7.74. The zero-order valence-corrected chi connectivity index (χ0v) is 17.1. The second-order valence-electron chi connectivity index (χ2n) is 7.74. The van der Waals surface area contributed by atoms with E-state index in [1.54, 1.807) is 13.1 Å². The van der Waals surface area contributed by atoms with Gasteiger partial charge in [-0.2, -0.15) is 0 Å². The number of aromatic amines is 1. The number of allylic oxidation sites excluding steroid dienone is 1. The SMILES string of the molecule is CCOC(=O)c1c[nH]c(/C(=C2\CC(C)(C)C(=O)O2)c2ccc(C)cc2)c1CC. The number of nitrogens with one attached hydrogen (secondary N) is 1. The largest absolute Gasteiger partial charge is 0.462 e. The van der Waals surface area contributed by atoms with Crippen LogP contribution in [0.2, 0.25) is 0 Å². The molecular formula is C23H27NO4. The first-order valence-electron chi connectivity index (χ1n) is 9.68. The molecule has 0 atom stereocenters. The first-order chi connectivity index (χ1) is 13.3. The normalized spacial score (nSPS) is 17.4. The summed E-state index contributed by atoms with van der Waals surface area (Å²) in [5.74, 6) is 0.0481. The molecule has 1 aromatic carbocycles. The number of carbonyl (C=O) groups excluding carboxylic acids is 2. The lowest BCUT2D eigenvalue weighted by Crippen LogP contribution is -2.16. The lowest BCUT2D eigenvalue weighted by atomic mass is 9.88. The molecule has 0 aliphatic carbocycles. The summed E-state index contributed by atoms with van der Waals surface area (Å²) in [5.41, 5.74) is 4.52. The number of ether oxygens (including phenoxy) is 2. The van der Waals surface area contributed by atoms with E-state index in [0.29, 0.717) is 30.8 Å². The first kappa shape index (κ1) is 19.9. The van der Waals surface area contributed by atoms with Gasteiger partial charge >= 0.3 is 11.9 Å². The number of aromatic nitrogens is 1. The molecule has 3 rings (SSSR count). The van der Waals surface area contributed by atoms with Crippen molar-refractivity contribution in [1.29, 1.82) is 0 Å². The number of hydrogen-bond acceptors (Lipinski definition) is 4. The van der Waals surface area contributed by atoms with Crippen molar-refractivity contribution < 1.29 is 19.1 Å². The number of H-pyrrole nitrogens is 1. The van der Waals surface area contributed by atoms with Crippen LogP contribution in [-0.2, 0) is 20.7 Å². The van der Waals surface area contributed by atoms with Crippen molar-refractivity contribution in [3.05, 3.63) is 64.2 Å². The van der Waals surface area contributed by atoms with Crippen molar-refractivity contribution in [3.8, 4) is 0 Å². The maximum Gasteiger partial charge on any atom is 0.339 e. The lowest BCUT2D eigenvalue weighted by molar-refractivity contribution is -0.142. The molecule has 28 heavy (non-hydrogen) atoms. The van der Waals surface area contributed by atoms with Crippen LogP contribution in [0.3, 0.4) is 0 Å². The third kappa shape index (κ3) is 3.61. The van der Waals surface area contributed by atoms with Crippen LogP contribution in [0.4, 0.5) is 0 Å². The van der Waals surface area contributed by atoms with Crippen molar-refractivity contribution in [3.63, 3.8) is 0 Å². The first-order valence-corrected chi connectivity index (χ1v) is 9.68. The van der Waals surface area contributed by atoms with Crippen molar-refractivity contribution in [2.24, 2.45) is 5.41 Å². The van der Waals surface area contributed by atoms with E-state index in [2.05, 4.69) is 4.98 Å². The molecule has 0 saturated carbocycles. The highest BCUT2D eigenvalue weighted by Crippen LogP contribution is 2.42. The predicted octanol–water partition coefficient (Wildman–Crippen LogP) is 4.79. The Morgan fingerprint density at radius 2 is 1.89 bits per heavy atom. The van der Waals surface area contributed by atoms with Gasteiger partial charge in [0.25, 0.3) is 0 Å². The van der Waals surface area contributed by atoms with Gasteiger partial charge in [-0.25, -0.2) is 4.79 Å². The van der Waals surface area contributed by atoms with E-state index < -0.39 is 5.41 Å². The molecule has 0 spiro atoms. The Hall–Kier alpha value is -2.82. The van der Waals surface area contributed by atoms with Crippen LogP contribution < -0.4 is 0 Å². The third-order valence-electron chi connectivity index (χ3n) is 5.08. The summed E-state index contributed by atoms with van der Waals surface area (Å²) >= 11 is 0. The van der Waals surface area contributed by atoms with Gasteiger partial charge in [0, 0.05) is 18.2 Å². The Bertz CT molecular complexity index is 932. The van der Waals surface area contributed by atoms with Crippen molar-refractivity contribution in [1.82, 2.24) is 4.98 Å². The smallest absolute Gasteiger partial charge is 0.339 e. The maximum atomic E-state index is 12.4. The minimum atomic E-state index is -0.575. The molecule has 0 radical (unpaired) electrons. The summed E-state index contributed by atoms with van der Waals surface area (Å²) < 4.78 is 10.9. The minimum absolute atomic E-state index is 0.234. The molecule has 0 bridgehead atoms. The zero-order valence-electron chi connectivity index (χ0n) is 17.1. The van der Waals surface area contributed by atoms with Crippen LogP contribution in [0.15, 0.2) is 36.2 Å². The molecule has 1 aliphatic rings. The number of cyclic esters (lactones) is 1. The van der Waals surface area contributed by atoms with Gasteiger partial charge in [-0.05, 0) is 45.2 Å². The van der Waals surface area contributed by atoms with Crippen LogP contribution >= 0.6 is 0 Å². The van der Waals surface area contributed by atoms with Gasteiger partial charge in [-0.3, -0.25) is 4.79 Å². The van der Waals surface area contributed by atoms with E-state index in [-0.39, 0.29) is 11.9 Å². The van der Waals surface area contributed by atoms with Crippen LogP contribution in [0.1, 0.15) is 66.9 Å². The Kier molecular flexibility index (Phi) is 5.45. The number of hydrogen-bond donors (Lipinski definition) is 1. The molecular weight excluding hydrogens is 354 g/mol. The topological polar surface area (TPSA) is 68.4 Å². The van der Waals surface area contributed by atoms with Gasteiger partial charge < -0.3 is 14.5 Å². The maximum absolute atomic E-state index is 12.4. The van der Waals surface area contributed by atoms with E-state index in [1.165, 1.54) is 0 Å². The van der Waals surface area contributed by atoms with E-state index in [4.69, 9.17) is 9.47 Å². The minimum Gasteiger partial charge on any atom is -0.462 e. The fourth-order valence-corrected chi connectivity index (χ4v) is 3.50. The van der Waals surface area contributed by atoms with E-state index >= 15 is 0 Å². The quantitative estimate of drug-likeness (QED) is 0.756. The molecule has 5 heteroatoms. The standard InChI is InChI=1S/C23H27NO4/c1-6-16-17(21(25)27-7-2)13-24-20(16)19(15-10-8-14(3)9-11-15)18-12-23(4,5)22(26)28-18/h8-11,13,24H,6-7,12H2,1-5H3/b19-18+. The molecule has 0 amide bonds. The summed E-state index contributed by atoms with van der Waals surface area (Å²) in [5, 5.41) is 0. The third-order valence-corrected chi connectivity index (χ3v) is 5.08. The molecule has 2 aromatic rings. The Balaban J connectivity index is 2.20. The summed E-state index contributed by atoms with van der Waals surface area (Å²) in [7, 11) is 0. The Labute approximate surface area is 165 Å². The molecule has 5 nitrogen and oxygen atoms in total. The molecule has 1 aliphatic heterocycles. The van der Waals surface area contributed by atoms with E-state index in [9.17, 15) is 9.59 Å². The van der Waals surface area contributed by atoms with Crippen LogP contribution in [-0.4, -0.2) is 23.5 Å². The highest BCUT2D eigenvalue weighted by Gasteiger charge is 2.41. The summed E-state index contributed by atoms with van der Waals surface area (Å²) in [6.07, 6.45) is 2.84. The van der Waals surface area contributed by atoms with Gasteiger partial charge in [-0.15, -0.1) is 0 Å². The molecule has 148 valence electrons. The van der Waals surface area contributed by atoms with Gasteiger partial charge in [0.15, 0.2) is 0 Å². The summed E-state index contributed by atoms with van der Waals surface area (Å²) in [4.78, 5) is 28.0. The second kappa shape index (κ2) is 7.66. The van der Waals surface area contributed by atoms with Crippen LogP contribution in [0.25, 0.3) is 5.57 Å². The molecule has 0 unspecified atom stereocenters. The molecule has 1 aromatic heterocycles. The zero-order chi connectivity index (χ0) is 20.5. The monoisotopic (exact) mass is 381 g/mol. The molecule has 1 N–H and O–H groups in total. The number of aryl methyl sites for hydroxylation is 1. The fourth-order valence-electron chi connectivity index (χ4n) is 3.50. The van der Waals surface area contributed by atoms with E-state index in [0.717, 1.165) is 28.0 Å². The van der Waals surface area contributed by atoms with Gasteiger partial charge in [-0.1, -0.05) is 36.8 Å². The Morgan fingerprint density at radius 1 is 1.21 bits per heavy atom. The van der Waals surface area contributed by atoms with Crippen LogP contribution in [0.5, 0.6) is 0 Å². The highest BCUT2D eigenvalue weighted by atomic mass is 16.5. The van der Waals surface area contributed by atoms with Crippen molar-refractivity contribution in [2.45, 2.75) is 47.5 Å². The molecule has 1 saturated heterocycles. The fraction of sp³-hybridized carbons (Fsp3) is 0.391. The van der Waals surface area contributed by atoms with Crippen molar-refractivity contribution >= 4 is 17.5 Å². The summed E-state index contributed by atoms with van der Waals surface area (Å²) in [6, 6.07) is 8.08. The predicted molar refractivity (Wildman–Crippen MR) is 108 cm³/mol. The van der Waals surface area contributed by atoms with E-state index in [1.807, 2.05) is 52.0 Å². The average molecular weight is 381 g/mol.